The lowest BCUT2D eigenvalue weighted by Gasteiger charge is -2.14. The van der Waals surface area contributed by atoms with E-state index in [9.17, 15) is 5.11 Å². The van der Waals surface area contributed by atoms with E-state index >= 15 is 0 Å². The molecule has 5 heteroatoms. The van der Waals surface area contributed by atoms with E-state index in [1.54, 1.807) is 43.3 Å². The Kier molecular flexibility index (Phi) is 4.51. The van der Waals surface area contributed by atoms with E-state index in [0.717, 1.165) is 0 Å². The Hall–Kier alpha value is -1.73. The Balaban J connectivity index is 2.43. The summed E-state index contributed by atoms with van der Waals surface area (Å²) in [6.07, 6.45) is -0.715. The van der Waals surface area contributed by atoms with E-state index in [1.807, 2.05) is 6.07 Å². The Labute approximate surface area is 126 Å². The fraction of sp³-hybridized carbons (Fsp3) is 0.133. The summed E-state index contributed by atoms with van der Waals surface area (Å²) in [4.78, 5) is 0. The number of rotatable bonds is 3. The van der Waals surface area contributed by atoms with Gasteiger partial charge >= 0.3 is 0 Å². The zero-order valence-electron chi connectivity index (χ0n) is 10.6. The van der Waals surface area contributed by atoms with Crippen molar-refractivity contribution in [3.8, 4) is 17.6 Å². The second-order valence-electron chi connectivity index (χ2n) is 4.25. The van der Waals surface area contributed by atoms with Crippen molar-refractivity contribution in [2.45, 2.75) is 13.0 Å². The monoisotopic (exact) mass is 307 g/mol. The average molecular weight is 308 g/mol. The fourth-order valence-electron chi connectivity index (χ4n) is 1.75. The lowest BCUT2D eigenvalue weighted by atomic mass is 10.1. The van der Waals surface area contributed by atoms with Crippen molar-refractivity contribution in [3.05, 3.63) is 57.6 Å². The van der Waals surface area contributed by atoms with Crippen LogP contribution in [0, 0.1) is 11.3 Å². The molecule has 0 heterocycles. The topological polar surface area (TPSA) is 53.2 Å². The number of nitriles is 1. The Morgan fingerprint density at radius 1 is 1.15 bits per heavy atom. The summed E-state index contributed by atoms with van der Waals surface area (Å²) < 4.78 is 5.69. The Morgan fingerprint density at radius 3 is 2.35 bits per heavy atom. The van der Waals surface area contributed by atoms with E-state index in [4.69, 9.17) is 33.2 Å². The molecule has 2 aromatic carbocycles. The molecule has 0 fully saturated rings. The van der Waals surface area contributed by atoms with E-state index < -0.39 is 6.10 Å². The normalized spacial score (nSPS) is 11.8. The Bertz CT molecular complexity index is 658. The summed E-state index contributed by atoms with van der Waals surface area (Å²) in [5.41, 5.74) is 1.03. The zero-order chi connectivity index (χ0) is 14.7. The summed E-state index contributed by atoms with van der Waals surface area (Å²) >= 11 is 11.8. The van der Waals surface area contributed by atoms with E-state index in [0.29, 0.717) is 32.7 Å². The number of aliphatic hydroxyl groups excluding tert-OH is 1. The van der Waals surface area contributed by atoms with Crippen molar-refractivity contribution in [1.29, 1.82) is 5.26 Å². The molecule has 1 N–H and O–H groups in total. The van der Waals surface area contributed by atoms with Gasteiger partial charge in [0.15, 0.2) is 0 Å². The first kappa shape index (κ1) is 14.7. The molecule has 0 aliphatic rings. The molecule has 2 aromatic rings. The van der Waals surface area contributed by atoms with Crippen LogP contribution in [0.5, 0.6) is 11.5 Å². The lowest BCUT2D eigenvalue weighted by molar-refractivity contribution is 0.195. The average Bonchev–Trinajstić information content (AvgIpc) is 2.37. The fourth-order valence-corrected chi connectivity index (χ4v) is 2.26. The third-order valence-corrected chi connectivity index (χ3v) is 3.09. The number of ether oxygens (including phenoxy) is 1. The molecule has 0 radical (unpaired) electrons. The zero-order valence-corrected chi connectivity index (χ0v) is 12.1. The second-order valence-corrected chi connectivity index (χ2v) is 5.12. The molecule has 102 valence electrons. The molecular weight excluding hydrogens is 297 g/mol. The predicted molar refractivity (Wildman–Crippen MR) is 78.3 cm³/mol. The smallest absolute Gasteiger partial charge is 0.134 e. The quantitative estimate of drug-likeness (QED) is 0.893. The number of nitrogens with zero attached hydrogens (tertiary/aromatic N) is 1. The van der Waals surface area contributed by atoms with Crippen LogP contribution in [-0.4, -0.2) is 5.11 Å². The van der Waals surface area contributed by atoms with Gasteiger partial charge in [-0.05, 0) is 37.3 Å². The maximum absolute atomic E-state index is 9.74. The number of halogens is 2. The summed E-state index contributed by atoms with van der Waals surface area (Å²) in [5.74, 6) is 0.844. The third kappa shape index (κ3) is 3.43. The molecule has 0 aliphatic heterocycles. The van der Waals surface area contributed by atoms with Crippen LogP contribution in [0.2, 0.25) is 10.0 Å². The van der Waals surface area contributed by atoms with Crippen LogP contribution >= 0.6 is 23.2 Å². The van der Waals surface area contributed by atoms with E-state index in [2.05, 4.69) is 0 Å². The molecule has 20 heavy (non-hydrogen) atoms. The third-order valence-electron chi connectivity index (χ3n) is 2.66. The van der Waals surface area contributed by atoms with Gasteiger partial charge in [0, 0.05) is 15.6 Å². The Morgan fingerprint density at radius 2 is 1.80 bits per heavy atom. The predicted octanol–water partition coefficient (Wildman–Crippen LogP) is 4.71. The summed E-state index contributed by atoms with van der Waals surface area (Å²) in [7, 11) is 0. The van der Waals surface area contributed by atoms with Gasteiger partial charge in [0.2, 0.25) is 0 Å². The molecule has 0 unspecified atom stereocenters. The largest absolute Gasteiger partial charge is 0.457 e. The number of benzene rings is 2. The van der Waals surface area contributed by atoms with Gasteiger partial charge in [0.1, 0.15) is 11.5 Å². The highest BCUT2D eigenvalue weighted by atomic mass is 35.5. The highest BCUT2D eigenvalue weighted by Crippen LogP contribution is 2.33. The second kappa shape index (κ2) is 6.15. The van der Waals surface area contributed by atoms with Crippen LogP contribution in [-0.2, 0) is 0 Å². The van der Waals surface area contributed by atoms with Gasteiger partial charge in [-0.3, -0.25) is 0 Å². The first-order valence-corrected chi connectivity index (χ1v) is 6.61. The van der Waals surface area contributed by atoms with E-state index in [-0.39, 0.29) is 0 Å². The minimum absolute atomic E-state index is 0.400. The summed E-state index contributed by atoms with van der Waals surface area (Å²) in [5, 5.41) is 19.6. The maximum atomic E-state index is 9.74. The van der Waals surface area contributed by atoms with Crippen molar-refractivity contribution in [2.75, 3.05) is 0 Å². The van der Waals surface area contributed by atoms with Crippen LogP contribution in [0.15, 0.2) is 36.4 Å². The number of hydrogen-bond acceptors (Lipinski definition) is 3. The highest BCUT2D eigenvalue weighted by molar-refractivity contribution is 6.34. The van der Waals surface area contributed by atoms with Crippen LogP contribution in [0.4, 0.5) is 0 Å². The summed E-state index contributed by atoms with van der Waals surface area (Å²) in [6.45, 7) is 1.62. The molecule has 0 saturated heterocycles. The molecule has 2 rings (SSSR count). The molecule has 0 saturated carbocycles. The first-order valence-electron chi connectivity index (χ1n) is 5.85. The van der Waals surface area contributed by atoms with Crippen molar-refractivity contribution in [2.24, 2.45) is 0 Å². The molecule has 1 atom stereocenters. The van der Waals surface area contributed by atoms with Crippen molar-refractivity contribution in [3.63, 3.8) is 0 Å². The van der Waals surface area contributed by atoms with Crippen molar-refractivity contribution >= 4 is 23.2 Å². The highest BCUT2D eigenvalue weighted by Gasteiger charge is 2.12. The maximum Gasteiger partial charge on any atom is 0.134 e. The molecule has 3 nitrogen and oxygen atoms in total. The van der Waals surface area contributed by atoms with Gasteiger partial charge in [0.25, 0.3) is 0 Å². The lowest BCUT2D eigenvalue weighted by Crippen LogP contribution is -1.97. The molecular formula is C15H11Cl2NO2. The van der Waals surface area contributed by atoms with Gasteiger partial charge in [-0.2, -0.15) is 5.26 Å². The standard InChI is InChI=1S/C15H11Cl2NO2/c1-9(19)14-3-2-10(8-18)4-15(14)20-13-6-11(16)5-12(17)7-13/h2-7,9,19H,1H3/t9-/m1/s1. The van der Waals surface area contributed by atoms with Gasteiger partial charge in [-0.1, -0.05) is 29.3 Å². The molecule has 0 spiro atoms. The van der Waals surface area contributed by atoms with Gasteiger partial charge in [-0.25, -0.2) is 0 Å². The van der Waals surface area contributed by atoms with Crippen molar-refractivity contribution in [1.82, 2.24) is 0 Å². The van der Waals surface area contributed by atoms with Gasteiger partial charge < -0.3 is 9.84 Å². The van der Waals surface area contributed by atoms with E-state index in [1.165, 1.54) is 0 Å². The van der Waals surface area contributed by atoms with Crippen LogP contribution in [0.3, 0.4) is 0 Å². The van der Waals surface area contributed by atoms with Gasteiger partial charge in [-0.15, -0.1) is 0 Å². The number of aliphatic hydroxyl groups is 1. The first-order chi connectivity index (χ1) is 9.49. The van der Waals surface area contributed by atoms with Crippen LogP contribution in [0.1, 0.15) is 24.2 Å². The SMILES string of the molecule is C[C@@H](O)c1ccc(C#N)cc1Oc1cc(Cl)cc(Cl)c1. The summed E-state index contributed by atoms with van der Waals surface area (Å²) in [6, 6.07) is 11.7. The van der Waals surface area contributed by atoms with Crippen molar-refractivity contribution < 1.29 is 9.84 Å². The minimum atomic E-state index is -0.715. The van der Waals surface area contributed by atoms with Gasteiger partial charge in [0.05, 0.1) is 17.7 Å². The minimum Gasteiger partial charge on any atom is -0.457 e. The molecule has 0 amide bonds. The van der Waals surface area contributed by atoms with Crippen LogP contribution < -0.4 is 4.74 Å². The van der Waals surface area contributed by atoms with Crippen LogP contribution in [0.25, 0.3) is 0 Å². The molecule has 0 bridgehead atoms. The molecule has 0 aliphatic carbocycles. The number of hydrogen-bond donors (Lipinski definition) is 1. The molecule has 0 aromatic heterocycles.